The van der Waals surface area contributed by atoms with E-state index in [0.29, 0.717) is 35.4 Å². The van der Waals surface area contributed by atoms with Crippen LogP contribution in [0.4, 0.5) is 0 Å². The summed E-state index contributed by atoms with van der Waals surface area (Å²) >= 11 is 5.75. The zero-order valence-corrected chi connectivity index (χ0v) is 18.0. The first kappa shape index (κ1) is 20.4. The first-order chi connectivity index (χ1) is 14.5. The maximum absolute atomic E-state index is 13.1. The molecule has 3 aromatic carbocycles. The second-order valence-electron chi connectivity index (χ2n) is 7.57. The highest BCUT2D eigenvalue weighted by Gasteiger charge is 2.17. The van der Waals surface area contributed by atoms with Crippen LogP contribution >= 0.6 is 11.6 Å². The Morgan fingerprint density at radius 1 is 0.900 bits per heavy atom. The summed E-state index contributed by atoms with van der Waals surface area (Å²) in [6.45, 7) is 4.86. The molecular formula is C26H24ClNO2. The number of halogens is 1. The quantitative estimate of drug-likeness (QED) is 0.252. The van der Waals surface area contributed by atoms with Crippen molar-refractivity contribution in [2.24, 2.45) is 0 Å². The van der Waals surface area contributed by atoms with Gasteiger partial charge in [-0.2, -0.15) is 0 Å². The molecule has 1 aromatic heterocycles. The van der Waals surface area contributed by atoms with Gasteiger partial charge in [-0.3, -0.25) is 9.59 Å². The summed E-state index contributed by atoms with van der Waals surface area (Å²) in [5.74, 6) is 0.594. The van der Waals surface area contributed by atoms with Crippen LogP contribution in [-0.2, 0) is 6.54 Å². The summed E-state index contributed by atoms with van der Waals surface area (Å²) in [7, 11) is 0. The van der Waals surface area contributed by atoms with E-state index in [9.17, 15) is 9.59 Å². The number of carbonyl (C=O) groups excluding carboxylic acids is 2. The van der Waals surface area contributed by atoms with Gasteiger partial charge in [0.2, 0.25) is 0 Å². The molecule has 0 bridgehead atoms. The molecule has 0 atom stereocenters. The molecular weight excluding hydrogens is 394 g/mol. The minimum Gasteiger partial charge on any atom is -0.341 e. The number of ketones is 2. The molecule has 0 amide bonds. The number of aryl methyl sites for hydroxylation is 2. The van der Waals surface area contributed by atoms with E-state index in [0.717, 1.165) is 33.9 Å². The lowest BCUT2D eigenvalue weighted by atomic mass is 9.97. The van der Waals surface area contributed by atoms with Crippen molar-refractivity contribution in [1.29, 1.82) is 0 Å². The predicted octanol–water partition coefficient (Wildman–Crippen LogP) is 6.56. The molecule has 4 heteroatoms. The Balaban J connectivity index is 1.87. The van der Waals surface area contributed by atoms with E-state index in [-0.39, 0.29) is 11.6 Å². The van der Waals surface area contributed by atoms with Crippen molar-refractivity contribution >= 4 is 45.0 Å². The predicted molar refractivity (Wildman–Crippen MR) is 124 cm³/mol. The topological polar surface area (TPSA) is 39.1 Å². The van der Waals surface area contributed by atoms with Crippen LogP contribution in [0.2, 0.25) is 0 Å². The fourth-order valence-corrected chi connectivity index (χ4v) is 4.25. The van der Waals surface area contributed by atoms with Gasteiger partial charge in [0, 0.05) is 57.3 Å². The molecule has 0 fully saturated rings. The molecule has 0 radical (unpaired) electrons. The number of Topliss-reactive ketones (excluding diaryl/α,β-unsaturated/α-hetero) is 1. The number of hydrogen-bond acceptors (Lipinski definition) is 2. The van der Waals surface area contributed by atoms with Gasteiger partial charge in [-0.25, -0.2) is 0 Å². The Labute approximate surface area is 181 Å². The number of alkyl halides is 1. The normalized spacial score (nSPS) is 11.3. The number of aromatic nitrogens is 1. The van der Waals surface area contributed by atoms with Crippen molar-refractivity contribution in [2.45, 2.75) is 33.2 Å². The molecule has 0 aliphatic rings. The molecule has 0 spiro atoms. The second-order valence-corrected chi connectivity index (χ2v) is 7.95. The fraction of sp³-hybridized carbons (Fsp3) is 0.231. The van der Waals surface area contributed by atoms with Crippen LogP contribution in [0, 0.1) is 6.92 Å². The first-order valence-electron chi connectivity index (χ1n) is 10.3. The Morgan fingerprint density at radius 3 is 2.17 bits per heavy atom. The van der Waals surface area contributed by atoms with Crippen LogP contribution in [-0.4, -0.2) is 22.0 Å². The first-order valence-corrected chi connectivity index (χ1v) is 10.8. The summed E-state index contributed by atoms with van der Waals surface area (Å²) in [6.07, 6.45) is 1.11. The number of rotatable bonds is 7. The lowest BCUT2D eigenvalue weighted by molar-refractivity contribution is 0.0981. The molecule has 0 saturated carbocycles. The van der Waals surface area contributed by atoms with E-state index in [1.807, 2.05) is 67.6 Å². The van der Waals surface area contributed by atoms with Gasteiger partial charge >= 0.3 is 0 Å². The van der Waals surface area contributed by atoms with Gasteiger partial charge in [0.1, 0.15) is 0 Å². The third kappa shape index (κ3) is 3.54. The van der Waals surface area contributed by atoms with Crippen molar-refractivity contribution in [3.8, 4) is 0 Å². The summed E-state index contributed by atoms with van der Waals surface area (Å²) in [6, 6.07) is 19.4. The minimum absolute atomic E-state index is 0.0155. The zero-order chi connectivity index (χ0) is 21.3. The zero-order valence-electron chi connectivity index (χ0n) is 17.2. The van der Waals surface area contributed by atoms with E-state index < -0.39 is 0 Å². The molecule has 4 aromatic rings. The average molecular weight is 418 g/mol. The molecule has 0 N–H and O–H groups in total. The highest BCUT2D eigenvalue weighted by atomic mass is 35.5. The Hall–Kier alpha value is -2.91. The van der Waals surface area contributed by atoms with Crippen molar-refractivity contribution in [3.05, 3.63) is 82.9 Å². The molecule has 4 rings (SSSR count). The monoisotopic (exact) mass is 417 g/mol. The number of carbonyl (C=O) groups is 2. The van der Waals surface area contributed by atoms with Gasteiger partial charge in [-0.05, 0) is 62.2 Å². The van der Waals surface area contributed by atoms with E-state index >= 15 is 0 Å². The lowest BCUT2D eigenvalue weighted by Crippen LogP contribution is -2.03. The Bertz CT molecular complexity index is 1270. The van der Waals surface area contributed by atoms with Gasteiger partial charge in [0.25, 0.3) is 0 Å². The van der Waals surface area contributed by atoms with Crippen molar-refractivity contribution in [3.63, 3.8) is 0 Å². The van der Waals surface area contributed by atoms with Crippen LogP contribution < -0.4 is 0 Å². The fourth-order valence-electron chi connectivity index (χ4n) is 4.11. The largest absolute Gasteiger partial charge is 0.341 e. The Kier molecular flexibility index (Phi) is 5.74. The van der Waals surface area contributed by atoms with Crippen LogP contribution in [0.25, 0.3) is 21.8 Å². The van der Waals surface area contributed by atoms with E-state index in [4.69, 9.17) is 11.6 Å². The van der Waals surface area contributed by atoms with E-state index in [1.54, 1.807) is 0 Å². The molecule has 3 nitrogen and oxygen atoms in total. The SMILES string of the molecule is CCn1c2ccc(C(=O)CCCCl)cc2c2cc(C(=O)c3ccccc3C)ccc21. The second kappa shape index (κ2) is 8.45. The molecule has 0 aliphatic carbocycles. The highest BCUT2D eigenvalue weighted by molar-refractivity contribution is 6.18. The molecule has 30 heavy (non-hydrogen) atoms. The summed E-state index contributed by atoms with van der Waals surface area (Å²) in [4.78, 5) is 25.7. The number of benzene rings is 3. The van der Waals surface area contributed by atoms with Gasteiger partial charge in [0.05, 0.1) is 0 Å². The van der Waals surface area contributed by atoms with Crippen molar-refractivity contribution in [2.75, 3.05) is 5.88 Å². The summed E-state index contributed by atoms with van der Waals surface area (Å²) < 4.78 is 2.22. The third-order valence-corrected chi connectivity index (χ3v) is 5.96. The molecule has 0 unspecified atom stereocenters. The van der Waals surface area contributed by atoms with Crippen LogP contribution in [0.5, 0.6) is 0 Å². The summed E-state index contributed by atoms with van der Waals surface area (Å²) in [5, 5.41) is 2.00. The van der Waals surface area contributed by atoms with Gasteiger partial charge in [0.15, 0.2) is 11.6 Å². The van der Waals surface area contributed by atoms with Gasteiger partial charge < -0.3 is 4.57 Å². The number of hydrogen-bond donors (Lipinski definition) is 0. The van der Waals surface area contributed by atoms with Crippen LogP contribution in [0.1, 0.15) is 51.6 Å². The number of fused-ring (bicyclic) bond motifs is 3. The maximum Gasteiger partial charge on any atom is 0.193 e. The lowest BCUT2D eigenvalue weighted by Gasteiger charge is -2.06. The minimum atomic E-state index is 0.0155. The third-order valence-electron chi connectivity index (χ3n) is 5.69. The molecule has 0 saturated heterocycles. The van der Waals surface area contributed by atoms with Gasteiger partial charge in [-0.1, -0.05) is 24.3 Å². The number of nitrogens with zero attached hydrogens (tertiary/aromatic N) is 1. The van der Waals surface area contributed by atoms with E-state index in [1.165, 1.54) is 0 Å². The standard InChI is InChI=1S/C26H24ClNO2/c1-3-28-23-12-10-18(25(29)9-6-14-27)15-21(23)22-16-19(11-13-24(22)28)26(30)20-8-5-4-7-17(20)2/h4-5,7-8,10-13,15-16H,3,6,9,14H2,1-2H3. The van der Waals surface area contributed by atoms with Crippen molar-refractivity contribution in [1.82, 2.24) is 4.57 Å². The molecule has 152 valence electrons. The van der Waals surface area contributed by atoms with Crippen molar-refractivity contribution < 1.29 is 9.59 Å². The van der Waals surface area contributed by atoms with Crippen LogP contribution in [0.3, 0.4) is 0 Å². The van der Waals surface area contributed by atoms with E-state index in [2.05, 4.69) is 11.5 Å². The smallest absolute Gasteiger partial charge is 0.193 e. The average Bonchev–Trinajstić information content (AvgIpc) is 3.09. The van der Waals surface area contributed by atoms with Crippen LogP contribution in [0.15, 0.2) is 60.7 Å². The highest BCUT2D eigenvalue weighted by Crippen LogP contribution is 2.31. The Morgan fingerprint density at radius 2 is 1.53 bits per heavy atom. The van der Waals surface area contributed by atoms with Gasteiger partial charge in [-0.15, -0.1) is 11.6 Å². The summed E-state index contributed by atoms with van der Waals surface area (Å²) in [5.41, 5.74) is 5.17. The maximum atomic E-state index is 13.1. The molecule has 1 heterocycles. The molecule has 0 aliphatic heterocycles.